The van der Waals surface area contributed by atoms with Crippen LogP contribution in [-0.4, -0.2) is 40.2 Å². The first-order chi connectivity index (χ1) is 4.77. The van der Waals surface area contributed by atoms with E-state index in [1.165, 1.54) is 6.92 Å². The summed E-state index contributed by atoms with van der Waals surface area (Å²) in [7, 11) is -4.91. The third-order valence-electron chi connectivity index (χ3n) is 0.459. The first-order valence-corrected chi connectivity index (χ1v) is 3.77. The third-order valence-corrected chi connectivity index (χ3v) is 1.38. The van der Waals surface area contributed by atoms with Crippen LogP contribution < -0.4 is 0 Å². The van der Waals surface area contributed by atoms with Gasteiger partial charge in [0.05, 0.1) is 6.61 Å². The molecule has 0 aliphatic rings. The van der Waals surface area contributed by atoms with E-state index in [2.05, 4.69) is 8.37 Å². The minimum absolute atomic E-state index is 0. The summed E-state index contributed by atoms with van der Waals surface area (Å²) in [6, 6.07) is 0. The van der Waals surface area contributed by atoms with Gasteiger partial charge in [0.2, 0.25) is 0 Å². The Morgan fingerprint density at radius 2 is 1.75 bits per heavy atom. The molecule has 0 bridgehead atoms. The van der Waals surface area contributed by atoms with Crippen LogP contribution in [0.25, 0.3) is 0 Å². The van der Waals surface area contributed by atoms with E-state index < -0.39 is 23.4 Å². The number of rotatable bonds is 3. The molecule has 0 aliphatic heterocycles. The fourth-order valence-corrected chi connectivity index (χ4v) is 0.852. The van der Waals surface area contributed by atoms with Gasteiger partial charge in [-0.2, -0.15) is 8.42 Å². The van der Waals surface area contributed by atoms with Crippen LogP contribution in [0.15, 0.2) is 0 Å². The van der Waals surface area contributed by atoms with Gasteiger partial charge >= 0.3 is 35.6 Å². The first kappa shape index (κ1) is 14.8. The summed E-state index contributed by atoms with van der Waals surface area (Å²) in [4.78, 5) is 0. The Balaban J connectivity index is 0. The molecule has 9 heteroatoms. The Morgan fingerprint density at radius 1 is 1.33 bits per heavy atom. The Morgan fingerprint density at radius 3 is 2.00 bits per heavy atom. The molecule has 0 spiro atoms. The van der Waals surface area contributed by atoms with Crippen LogP contribution in [0.1, 0.15) is 6.92 Å². The molecule has 0 unspecified atom stereocenters. The van der Waals surface area contributed by atoms with Crippen molar-refractivity contribution in [2.45, 2.75) is 13.3 Å². The molecule has 0 N–H and O–H groups in total. The van der Waals surface area contributed by atoms with Crippen molar-refractivity contribution in [3.63, 3.8) is 0 Å². The predicted octanol–water partition coefficient (Wildman–Crippen LogP) is 0.156. The normalized spacial score (nSPS) is 12.3. The van der Waals surface area contributed by atoms with Gasteiger partial charge < -0.3 is 0 Å². The second-order valence-electron chi connectivity index (χ2n) is 1.34. The van der Waals surface area contributed by atoms with E-state index in [-0.39, 0.29) is 18.9 Å². The van der Waals surface area contributed by atoms with Gasteiger partial charge in [-0.3, -0.25) is 0 Å². The number of alkyl halides is 3. The molecule has 0 heterocycles. The molecule has 0 radical (unpaired) electrons. The van der Waals surface area contributed by atoms with E-state index in [9.17, 15) is 21.6 Å². The Kier molecular flexibility index (Phi) is 6.26. The Bertz CT molecular complexity index is 210. The average molecular weight is 202 g/mol. The number of halogens is 3. The van der Waals surface area contributed by atoms with Crippen LogP contribution >= 0.6 is 0 Å². The Labute approximate surface area is 79.5 Å². The van der Waals surface area contributed by atoms with Gasteiger partial charge in [0.1, 0.15) is 0 Å². The van der Waals surface area contributed by atoms with E-state index in [0.717, 1.165) is 0 Å². The SMILES string of the molecule is CCOS(=O)(=O)OC(F)(F)F.[LiH]. The zero-order chi connectivity index (χ0) is 9.12. The molecule has 12 heavy (non-hydrogen) atoms. The van der Waals surface area contributed by atoms with Crippen molar-refractivity contribution in [3.8, 4) is 0 Å². The molecule has 0 atom stereocenters. The molecule has 0 aromatic heterocycles. The molecular formula is C3H6F3LiO4S. The molecule has 0 aromatic carbocycles. The second-order valence-corrected chi connectivity index (χ2v) is 2.56. The average Bonchev–Trinajstić information content (AvgIpc) is 1.55. The molecule has 0 rings (SSSR count). The topological polar surface area (TPSA) is 52.6 Å². The maximum absolute atomic E-state index is 11.2. The molecule has 0 aromatic rings. The zero-order valence-corrected chi connectivity index (χ0v) is 6.20. The number of hydrogen-bond acceptors (Lipinski definition) is 4. The van der Waals surface area contributed by atoms with Crippen molar-refractivity contribution in [2.24, 2.45) is 0 Å². The van der Waals surface area contributed by atoms with E-state index in [4.69, 9.17) is 0 Å². The van der Waals surface area contributed by atoms with Crippen molar-refractivity contribution in [1.82, 2.24) is 0 Å². The maximum atomic E-state index is 11.2. The van der Waals surface area contributed by atoms with Gasteiger partial charge in [-0.15, -0.1) is 17.4 Å². The molecule has 0 saturated heterocycles. The summed E-state index contributed by atoms with van der Waals surface area (Å²) in [6.07, 6.45) is -5.23. The summed E-state index contributed by atoms with van der Waals surface area (Å²) in [6.45, 7) is 0.815. The molecule has 70 valence electrons. The van der Waals surface area contributed by atoms with Crippen molar-refractivity contribution < 1.29 is 30.0 Å². The van der Waals surface area contributed by atoms with Crippen molar-refractivity contribution in [1.29, 1.82) is 0 Å². The third kappa shape index (κ3) is 8.35. The summed E-state index contributed by atoms with van der Waals surface area (Å²) in [5, 5.41) is 0. The number of hydrogen-bond donors (Lipinski definition) is 0. The molecule has 0 saturated carbocycles. The van der Waals surface area contributed by atoms with E-state index >= 15 is 0 Å². The first-order valence-electron chi connectivity index (χ1n) is 2.43. The van der Waals surface area contributed by atoms with Crippen molar-refractivity contribution >= 4 is 29.3 Å². The summed E-state index contributed by atoms with van der Waals surface area (Å²) in [5.41, 5.74) is 0. The monoisotopic (exact) mass is 202 g/mol. The molecule has 4 nitrogen and oxygen atoms in total. The van der Waals surface area contributed by atoms with Gasteiger partial charge in [0, 0.05) is 0 Å². The molecule has 0 fully saturated rings. The van der Waals surface area contributed by atoms with E-state index in [1.807, 2.05) is 0 Å². The van der Waals surface area contributed by atoms with Crippen LogP contribution in [0.3, 0.4) is 0 Å². The second kappa shape index (κ2) is 5.09. The van der Waals surface area contributed by atoms with E-state index in [0.29, 0.717) is 0 Å². The van der Waals surface area contributed by atoms with Gasteiger partial charge in [0.15, 0.2) is 0 Å². The predicted molar refractivity (Wildman–Crippen MR) is 34.8 cm³/mol. The molecular weight excluding hydrogens is 196 g/mol. The standard InChI is InChI=1S/C3H5F3O4S.Li.H/c1-2-9-11(7,8)10-3(4,5)6;;/h2H2,1H3;;. The van der Waals surface area contributed by atoms with Crippen LogP contribution in [0.5, 0.6) is 0 Å². The summed E-state index contributed by atoms with van der Waals surface area (Å²) >= 11 is 0. The fraction of sp³-hybridized carbons (Fsp3) is 1.00. The van der Waals surface area contributed by atoms with Crippen molar-refractivity contribution in [2.75, 3.05) is 6.61 Å². The van der Waals surface area contributed by atoms with Gasteiger partial charge in [-0.05, 0) is 6.92 Å². The van der Waals surface area contributed by atoms with E-state index in [1.54, 1.807) is 0 Å². The molecule has 0 amide bonds. The van der Waals surface area contributed by atoms with Crippen LogP contribution in [-0.2, 0) is 18.8 Å². The van der Waals surface area contributed by atoms with Crippen LogP contribution in [0, 0.1) is 0 Å². The molecule has 0 aliphatic carbocycles. The summed E-state index contributed by atoms with van der Waals surface area (Å²) in [5.74, 6) is 0. The van der Waals surface area contributed by atoms with Crippen LogP contribution in [0.2, 0.25) is 0 Å². The van der Waals surface area contributed by atoms with Gasteiger partial charge in [-0.1, -0.05) is 0 Å². The zero-order valence-electron chi connectivity index (χ0n) is 5.38. The fourth-order valence-electron chi connectivity index (χ4n) is 0.284. The Hall–Kier alpha value is 0.257. The summed E-state index contributed by atoms with van der Waals surface area (Å²) < 4.78 is 60.0. The minimum atomic E-state index is -5.23. The van der Waals surface area contributed by atoms with Gasteiger partial charge in [-0.25, -0.2) is 4.18 Å². The van der Waals surface area contributed by atoms with Crippen molar-refractivity contribution in [3.05, 3.63) is 0 Å². The van der Waals surface area contributed by atoms with Gasteiger partial charge in [0.25, 0.3) is 0 Å². The quantitative estimate of drug-likeness (QED) is 0.611. The van der Waals surface area contributed by atoms with Crippen LogP contribution in [0.4, 0.5) is 13.2 Å².